The van der Waals surface area contributed by atoms with Crippen LogP contribution in [0.2, 0.25) is 0 Å². The van der Waals surface area contributed by atoms with E-state index in [1.54, 1.807) is 19.2 Å². The third-order valence-corrected chi connectivity index (χ3v) is 3.91. The maximum Gasteiger partial charge on any atom is 0.332 e. The molecule has 0 aliphatic carbocycles. The highest BCUT2D eigenvalue weighted by atomic mass is 16.4. The summed E-state index contributed by atoms with van der Waals surface area (Å²) in [7, 11) is 2.99. The van der Waals surface area contributed by atoms with Gasteiger partial charge in [-0.05, 0) is 17.2 Å². The first kappa shape index (κ1) is 16.4. The summed E-state index contributed by atoms with van der Waals surface area (Å²) in [4.78, 5) is 42.0. The van der Waals surface area contributed by atoms with Crippen molar-refractivity contribution in [1.82, 2.24) is 19.1 Å². The van der Waals surface area contributed by atoms with Crippen LogP contribution in [-0.2, 0) is 25.3 Å². The Hall–Kier alpha value is -3.42. The van der Waals surface area contributed by atoms with Crippen LogP contribution >= 0.6 is 0 Å². The lowest BCUT2D eigenvalue weighted by atomic mass is 10.1. The summed E-state index contributed by atoms with van der Waals surface area (Å²) in [5, 5.41) is 8.63. The number of aryl methyl sites for hydroxylation is 1. The molecule has 0 spiro atoms. The number of nitrogens with one attached hydrogen (secondary N) is 1. The SMILES string of the molecule is Cn1c(=O)c2[nH]c(Cc3ccc(C=CC(=O)O)cc3)nc2n(C)c1=O. The lowest BCUT2D eigenvalue weighted by Crippen LogP contribution is -2.36. The zero-order valence-corrected chi connectivity index (χ0v) is 13.7. The summed E-state index contributed by atoms with van der Waals surface area (Å²) in [5.74, 6) is -0.430. The molecule has 128 valence electrons. The third-order valence-electron chi connectivity index (χ3n) is 3.91. The second kappa shape index (κ2) is 6.23. The molecule has 2 N–H and O–H groups in total. The van der Waals surface area contributed by atoms with Gasteiger partial charge in [-0.15, -0.1) is 0 Å². The Kier molecular flexibility index (Phi) is 4.10. The highest BCUT2D eigenvalue weighted by Crippen LogP contribution is 2.12. The van der Waals surface area contributed by atoms with E-state index < -0.39 is 17.2 Å². The van der Waals surface area contributed by atoms with Gasteiger partial charge in [-0.2, -0.15) is 0 Å². The van der Waals surface area contributed by atoms with Crippen molar-refractivity contribution in [3.63, 3.8) is 0 Å². The van der Waals surface area contributed by atoms with Crippen molar-refractivity contribution in [2.24, 2.45) is 14.1 Å². The number of carbonyl (C=O) groups is 1. The van der Waals surface area contributed by atoms with Gasteiger partial charge in [0, 0.05) is 26.6 Å². The summed E-state index contributed by atoms with van der Waals surface area (Å²) in [6, 6.07) is 7.30. The number of carboxylic acids is 1. The van der Waals surface area contributed by atoms with Crippen molar-refractivity contribution in [1.29, 1.82) is 0 Å². The molecule has 0 unspecified atom stereocenters. The van der Waals surface area contributed by atoms with Crippen LogP contribution in [0, 0.1) is 0 Å². The average Bonchev–Trinajstić information content (AvgIpc) is 3.01. The van der Waals surface area contributed by atoms with Crippen molar-refractivity contribution in [2.75, 3.05) is 0 Å². The van der Waals surface area contributed by atoms with Crippen LogP contribution < -0.4 is 11.2 Å². The zero-order chi connectivity index (χ0) is 18.1. The smallest absolute Gasteiger partial charge is 0.332 e. The van der Waals surface area contributed by atoms with Crippen LogP contribution in [0.25, 0.3) is 17.2 Å². The highest BCUT2D eigenvalue weighted by molar-refractivity contribution is 5.85. The Balaban J connectivity index is 1.92. The van der Waals surface area contributed by atoms with Gasteiger partial charge in [0.15, 0.2) is 5.65 Å². The predicted molar refractivity (Wildman–Crippen MR) is 92.5 cm³/mol. The monoisotopic (exact) mass is 340 g/mol. The number of imidazole rings is 1. The van der Waals surface area contributed by atoms with E-state index >= 15 is 0 Å². The van der Waals surface area contributed by atoms with Crippen LogP contribution in [0.5, 0.6) is 0 Å². The fraction of sp³-hybridized carbons (Fsp3) is 0.176. The number of rotatable bonds is 4. The van der Waals surface area contributed by atoms with E-state index in [0.29, 0.717) is 23.4 Å². The topological polar surface area (TPSA) is 110 Å². The molecule has 0 atom stereocenters. The van der Waals surface area contributed by atoms with Crippen molar-refractivity contribution < 1.29 is 9.90 Å². The minimum atomic E-state index is -1.00. The molecule has 1 aromatic carbocycles. The fourth-order valence-electron chi connectivity index (χ4n) is 2.57. The number of aromatic nitrogens is 4. The summed E-state index contributed by atoms with van der Waals surface area (Å²) >= 11 is 0. The maximum absolute atomic E-state index is 12.2. The molecular weight excluding hydrogens is 324 g/mol. The van der Waals surface area contributed by atoms with Crippen LogP contribution in [-0.4, -0.2) is 30.2 Å². The first-order valence-electron chi connectivity index (χ1n) is 7.51. The van der Waals surface area contributed by atoms with Crippen molar-refractivity contribution >= 4 is 23.2 Å². The quantitative estimate of drug-likeness (QED) is 0.678. The molecule has 25 heavy (non-hydrogen) atoms. The van der Waals surface area contributed by atoms with Gasteiger partial charge < -0.3 is 10.1 Å². The first-order chi connectivity index (χ1) is 11.9. The van der Waals surface area contributed by atoms with Gasteiger partial charge in [-0.3, -0.25) is 13.9 Å². The molecule has 2 heterocycles. The van der Waals surface area contributed by atoms with Gasteiger partial charge in [0.25, 0.3) is 5.56 Å². The Morgan fingerprint density at radius 2 is 1.88 bits per heavy atom. The molecule has 0 bridgehead atoms. The Labute approximate surface area is 141 Å². The lowest BCUT2D eigenvalue weighted by Gasteiger charge is -2.00. The van der Waals surface area contributed by atoms with Crippen molar-refractivity contribution in [3.05, 3.63) is 68.1 Å². The van der Waals surface area contributed by atoms with Crippen molar-refractivity contribution in [3.8, 4) is 0 Å². The number of hydrogen-bond donors (Lipinski definition) is 2. The number of hydrogen-bond acceptors (Lipinski definition) is 4. The number of H-pyrrole nitrogens is 1. The van der Waals surface area contributed by atoms with Gasteiger partial charge in [-0.25, -0.2) is 14.6 Å². The van der Waals surface area contributed by atoms with E-state index in [1.165, 1.54) is 17.7 Å². The van der Waals surface area contributed by atoms with E-state index in [4.69, 9.17) is 5.11 Å². The standard InChI is InChI=1S/C17H16N4O4/c1-20-15-14(16(24)21(2)17(20)25)18-12(19-15)9-11-5-3-10(4-6-11)7-8-13(22)23/h3-8H,9H2,1-2H3,(H,18,19)(H,22,23). The zero-order valence-electron chi connectivity index (χ0n) is 13.7. The number of benzene rings is 1. The van der Waals surface area contributed by atoms with Crippen molar-refractivity contribution in [2.45, 2.75) is 6.42 Å². The molecule has 0 aliphatic rings. The number of aliphatic carboxylic acids is 1. The van der Waals surface area contributed by atoms with Crippen LogP contribution in [0.15, 0.2) is 39.9 Å². The number of aromatic amines is 1. The number of nitrogens with zero attached hydrogens (tertiary/aromatic N) is 3. The maximum atomic E-state index is 12.2. The minimum Gasteiger partial charge on any atom is -0.478 e. The fourth-order valence-corrected chi connectivity index (χ4v) is 2.57. The summed E-state index contributed by atoms with van der Waals surface area (Å²) in [6.45, 7) is 0. The summed E-state index contributed by atoms with van der Waals surface area (Å²) in [5.41, 5.74) is 1.49. The van der Waals surface area contributed by atoms with Gasteiger partial charge in [0.05, 0.1) is 0 Å². The molecule has 3 aromatic rings. The average molecular weight is 340 g/mol. The normalized spacial score (nSPS) is 11.4. The van der Waals surface area contributed by atoms with Crippen LogP contribution in [0.4, 0.5) is 0 Å². The Morgan fingerprint density at radius 3 is 2.52 bits per heavy atom. The van der Waals surface area contributed by atoms with E-state index in [0.717, 1.165) is 21.8 Å². The van der Waals surface area contributed by atoms with Crippen LogP contribution in [0.1, 0.15) is 17.0 Å². The molecule has 0 amide bonds. The van der Waals surface area contributed by atoms with E-state index in [-0.39, 0.29) is 0 Å². The van der Waals surface area contributed by atoms with E-state index in [9.17, 15) is 14.4 Å². The largest absolute Gasteiger partial charge is 0.478 e. The second-order valence-corrected chi connectivity index (χ2v) is 5.68. The van der Waals surface area contributed by atoms with Gasteiger partial charge >= 0.3 is 11.7 Å². The van der Waals surface area contributed by atoms with Gasteiger partial charge in [0.1, 0.15) is 11.3 Å². The van der Waals surface area contributed by atoms with Gasteiger partial charge in [-0.1, -0.05) is 24.3 Å². The first-order valence-corrected chi connectivity index (χ1v) is 7.51. The Morgan fingerprint density at radius 1 is 1.20 bits per heavy atom. The second-order valence-electron chi connectivity index (χ2n) is 5.68. The molecule has 8 heteroatoms. The number of fused-ring (bicyclic) bond motifs is 1. The van der Waals surface area contributed by atoms with Gasteiger partial charge in [0.2, 0.25) is 0 Å². The number of carboxylic acid groups (broad SMARTS) is 1. The molecule has 0 saturated carbocycles. The molecule has 0 fully saturated rings. The molecule has 8 nitrogen and oxygen atoms in total. The molecular formula is C17H16N4O4. The molecule has 0 aliphatic heterocycles. The molecule has 3 rings (SSSR count). The third kappa shape index (κ3) is 3.14. The van der Waals surface area contributed by atoms with E-state index in [1.807, 2.05) is 12.1 Å². The molecule has 0 saturated heterocycles. The van der Waals surface area contributed by atoms with E-state index in [2.05, 4.69) is 9.97 Å². The summed E-state index contributed by atoms with van der Waals surface area (Å²) in [6.07, 6.45) is 3.03. The Bertz CT molecular complexity index is 1100. The highest BCUT2D eigenvalue weighted by Gasteiger charge is 2.13. The minimum absolute atomic E-state index is 0.292. The summed E-state index contributed by atoms with van der Waals surface area (Å²) < 4.78 is 2.37. The predicted octanol–water partition coefficient (Wildman–Crippen LogP) is 0.649. The lowest BCUT2D eigenvalue weighted by molar-refractivity contribution is -0.131. The molecule has 2 aromatic heterocycles. The molecule has 0 radical (unpaired) electrons. The van der Waals surface area contributed by atoms with Crippen LogP contribution in [0.3, 0.4) is 0 Å².